The molecule has 0 bridgehead atoms. The Balaban J connectivity index is 2.46. The summed E-state index contributed by atoms with van der Waals surface area (Å²) in [6.45, 7) is 8.61. The van der Waals surface area contributed by atoms with Crippen molar-refractivity contribution >= 4 is 17.3 Å². The second kappa shape index (κ2) is 5.85. The summed E-state index contributed by atoms with van der Waals surface area (Å²) in [7, 11) is 0. The topological polar surface area (TPSA) is 59.4 Å². The fourth-order valence-corrected chi connectivity index (χ4v) is 2.97. The predicted octanol–water partition coefficient (Wildman–Crippen LogP) is 4.20. The van der Waals surface area contributed by atoms with Crippen molar-refractivity contribution in [3.63, 3.8) is 0 Å². The minimum absolute atomic E-state index is 0.120. The molecule has 0 amide bonds. The summed E-state index contributed by atoms with van der Waals surface area (Å²) in [4.78, 5) is 16.4. The van der Waals surface area contributed by atoms with E-state index in [1.54, 1.807) is 0 Å². The lowest BCUT2D eigenvalue weighted by Crippen LogP contribution is -2.11. The molecule has 112 valence electrons. The van der Waals surface area contributed by atoms with E-state index < -0.39 is 5.97 Å². The van der Waals surface area contributed by atoms with Crippen LogP contribution in [0.1, 0.15) is 43.2 Å². The molecule has 0 aliphatic carbocycles. The standard InChI is InChI=1S/C16H19NO3S/c1-5-20-11-8-6-10(7-9-11)13-12(14(18)19)17-15(21-13)16(2,3)4/h6-9H,5H2,1-4H3,(H,18,19). The van der Waals surface area contributed by atoms with E-state index in [0.29, 0.717) is 11.5 Å². The first-order chi connectivity index (χ1) is 9.82. The smallest absolute Gasteiger partial charge is 0.356 e. The van der Waals surface area contributed by atoms with Crippen molar-refractivity contribution in [2.45, 2.75) is 33.1 Å². The Morgan fingerprint density at radius 1 is 1.29 bits per heavy atom. The maximum Gasteiger partial charge on any atom is 0.356 e. The molecule has 5 heteroatoms. The third-order valence-corrected chi connectivity index (χ3v) is 4.43. The van der Waals surface area contributed by atoms with E-state index in [0.717, 1.165) is 16.3 Å². The minimum atomic E-state index is -0.995. The number of thiazole rings is 1. The van der Waals surface area contributed by atoms with E-state index in [4.69, 9.17) is 4.74 Å². The molecule has 0 spiro atoms. The molecule has 0 atom stereocenters. The van der Waals surface area contributed by atoms with Crippen LogP contribution in [0.4, 0.5) is 0 Å². The first-order valence-electron chi connectivity index (χ1n) is 6.80. The van der Waals surface area contributed by atoms with Crippen molar-refractivity contribution in [1.82, 2.24) is 4.98 Å². The SMILES string of the molecule is CCOc1ccc(-c2sc(C(C)(C)C)nc2C(=O)O)cc1. The third-order valence-electron chi connectivity index (χ3n) is 2.90. The van der Waals surface area contributed by atoms with Crippen LogP contribution in [-0.2, 0) is 5.41 Å². The van der Waals surface area contributed by atoms with Crippen LogP contribution in [0.15, 0.2) is 24.3 Å². The molecule has 0 saturated heterocycles. The molecule has 2 rings (SSSR count). The second-order valence-electron chi connectivity index (χ2n) is 5.71. The van der Waals surface area contributed by atoms with Crippen molar-refractivity contribution in [2.24, 2.45) is 0 Å². The number of rotatable bonds is 4. The lowest BCUT2D eigenvalue weighted by molar-refractivity contribution is 0.0692. The zero-order valence-electron chi connectivity index (χ0n) is 12.6. The quantitative estimate of drug-likeness (QED) is 0.919. The number of carbonyl (C=O) groups is 1. The number of carboxylic acids is 1. The average Bonchev–Trinajstić information content (AvgIpc) is 2.85. The van der Waals surface area contributed by atoms with Gasteiger partial charge in [0, 0.05) is 5.41 Å². The minimum Gasteiger partial charge on any atom is -0.494 e. The van der Waals surface area contributed by atoms with Gasteiger partial charge in [-0.2, -0.15) is 0 Å². The van der Waals surface area contributed by atoms with Crippen LogP contribution >= 0.6 is 11.3 Å². The van der Waals surface area contributed by atoms with Gasteiger partial charge in [-0.3, -0.25) is 0 Å². The molecule has 4 nitrogen and oxygen atoms in total. The van der Waals surface area contributed by atoms with Gasteiger partial charge < -0.3 is 9.84 Å². The Morgan fingerprint density at radius 2 is 1.90 bits per heavy atom. The Morgan fingerprint density at radius 3 is 2.38 bits per heavy atom. The molecule has 0 unspecified atom stereocenters. The maximum atomic E-state index is 11.4. The van der Waals surface area contributed by atoms with Crippen LogP contribution in [0, 0.1) is 0 Å². The highest BCUT2D eigenvalue weighted by Crippen LogP contribution is 2.36. The summed E-state index contributed by atoms with van der Waals surface area (Å²) < 4.78 is 5.41. The number of nitrogens with zero attached hydrogens (tertiary/aromatic N) is 1. The largest absolute Gasteiger partial charge is 0.494 e. The zero-order chi connectivity index (χ0) is 15.6. The average molecular weight is 305 g/mol. The molecular weight excluding hydrogens is 286 g/mol. The maximum absolute atomic E-state index is 11.4. The van der Waals surface area contributed by atoms with Gasteiger partial charge in [-0.05, 0) is 36.8 Å². The van der Waals surface area contributed by atoms with Gasteiger partial charge in [0.25, 0.3) is 0 Å². The Bertz CT molecular complexity index is 639. The number of aromatic nitrogens is 1. The molecule has 0 aliphatic heterocycles. The van der Waals surface area contributed by atoms with E-state index in [9.17, 15) is 9.90 Å². The van der Waals surface area contributed by atoms with E-state index in [1.165, 1.54) is 11.3 Å². The van der Waals surface area contributed by atoms with Crippen LogP contribution in [-0.4, -0.2) is 22.7 Å². The highest BCUT2D eigenvalue weighted by Gasteiger charge is 2.25. The van der Waals surface area contributed by atoms with Crippen molar-refractivity contribution in [3.8, 4) is 16.2 Å². The number of carboxylic acid groups (broad SMARTS) is 1. The monoisotopic (exact) mass is 305 g/mol. The fraction of sp³-hybridized carbons (Fsp3) is 0.375. The lowest BCUT2D eigenvalue weighted by atomic mass is 9.98. The van der Waals surface area contributed by atoms with Crippen LogP contribution in [0.2, 0.25) is 0 Å². The molecule has 0 radical (unpaired) electrons. The zero-order valence-corrected chi connectivity index (χ0v) is 13.5. The van der Waals surface area contributed by atoms with Crippen molar-refractivity contribution in [3.05, 3.63) is 35.0 Å². The van der Waals surface area contributed by atoms with Gasteiger partial charge in [0.05, 0.1) is 16.5 Å². The van der Waals surface area contributed by atoms with Gasteiger partial charge >= 0.3 is 5.97 Å². The molecule has 0 fully saturated rings. The van der Waals surface area contributed by atoms with E-state index in [2.05, 4.69) is 4.98 Å². The Labute approximate surface area is 128 Å². The predicted molar refractivity (Wildman–Crippen MR) is 84.4 cm³/mol. The number of benzene rings is 1. The number of hydrogen-bond acceptors (Lipinski definition) is 4. The van der Waals surface area contributed by atoms with Gasteiger partial charge in [-0.15, -0.1) is 11.3 Å². The van der Waals surface area contributed by atoms with E-state index >= 15 is 0 Å². The molecule has 1 aromatic carbocycles. The third kappa shape index (κ3) is 3.42. The molecule has 0 saturated carbocycles. The highest BCUT2D eigenvalue weighted by molar-refractivity contribution is 7.15. The molecule has 1 aromatic heterocycles. The molecule has 1 N–H and O–H groups in total. The van der Waals surface area contributed by atoms with Crippen LogP contribution in [0.3, 0.4) is 0 Å². The van der Waals surface area contributed by atoms with Gasteiger partial charge in [0.2, 0.25) is 0 Å². The van der Waals surface area contributed by atoms with Crippen LogP contribution in [0.5, 0.6) is 5.75 Å². The fourth-order valence-electron chi connectivity index (χ4n) is 1.85. The number of hydrogen-bond donors (Lipinski definition) is 1. The van der Waals surface area contributed by atoms with Gasteiger partial charge in [0.1, 0.15) is 5.75 Å². The van der Waals surface area contributed by atoms with E-state index in [1.807, 2.05) is 52.0 Å². The van der Waals surface area contributed by atoms with Gasteiger partial charge in [0.15, 0.2) is 5.69 Å². The molecule has 0 aliphatic rings. The molecule has 1 heterocycles. The van der Waals surface area contributed by atoms with Crippen molar-refractivity contribution < 1.29 is 14.6 Å². The number of ether oxygens (including phenoxy) is 1. The summed E-state index contributed by atoms with van der Waals surface area (Å²) in [5.41, 5.74) is 0.802. The first kappa shape index (κ1) is 15.5. The van der Waals surface area contributed by atoms with E-state index in [-0.39, 0.29) is 11.1 Å². The summed E-state index contributed by atoms with van der Waals surface area (Å²) in [5.74, 6) is -0.218. The Hall–Kier alpha value is -1.88. The van der Waals surface area contributed by atoms with Crippen molar-refractivity contribution in [2.75, 3.05) is 6.61 Å². The highest BCUT2D eigenvalue weighted by atomic mass is 32.1. The second-order valence-corrected chi connectivity index (χ2v) is 6.71. The van der Waals surface area contributed by atoms with Gasteiger partial charge in [-0.1, -0.05) is 20.8 Å². The lowest BCUT2D eigenvalue weighted by Gasteiger charge is -2.13. The van der Waals surface area contributed by atoms with Crippen molar-refractivity contribution in [1.29, 1.82) is 0 Å². The van der Waals surface area contributed by atoms with Crippen LogP contribution in [0.25, 0.3) is 10.4 Å². The Kier molecular flexibility index (Phi) is 4.32. The van der Waals surface area contributed by atoms with Crippen LogP contribution < -0.4 is 4.74 Å². The summed E-state index contributed by atoms with van der Waals surface area (Å²) in [6, 6.07) is 7.44. The molecule has 21 heavy (non-hydrogen) atoms. The summed E-state index contributed by atoms with van der Waals surface area (Å²) >= 11 is 1.43. The summed E-state index contributed by atoms with van der Waals surface area (Å²) in [5, 5.41) is 10.2. The first-order valence-corrected chi connectivity index (χ1v) is 7.62. The molecule has 2 aromatic rings. The normalized spacial score (nSPS) is 11.4. The van der Waals surface area contributed by atoms with Gasteiger partial charge in [-0.25, -0.2) is 9.78 Å². The molecular formula is C16H19NO3S. The number of aromatic carboxylic acids is 1. The summed E-state index contributed by atoms with van der Waals surface area (Å²) in [6.07, 6.45) is 0.